The Bertz CT molecular complexity index is 411. The smallest absolute Gasteiger partial charge is 0.319 e. The quantitative estimate of drug-likeness (QED) is 0.810. The van der Waals surface area contributed by atoms with Crippen LogP contribution in [-0.4, -0.2) is 25.8 Å². The average molecular weight is 276 g/mol. The molecule has 0 saturated carbocycles. The summed E-state index contributed by atoms with van der Waals surface area (Å²) >= 11 is 0. The molecule has 0 unspecified atom stereocenters. The second-order valence-corrected chi connectivity index (χ2v) is 5.44. The molecule has 0 spiro atoms. The van der Waals surface area contributed by atoms with Crippen molar-refractivity contribution >= 4 is 11.7 Å². The lowest BCUT2D eigenvalue weighted by atomic mass is 9.95. The molecule has 2 rings (SSSR count). The third kappa shape index (κ3) is 5.21. The third-order valence-corrected chi connectivity index (χ3v) is 3.73. The lowest BCUT2D eigenvalue weighted by molar-refractivity contribution is 0.0634. The number of carbonyl (C=O) groups excluding carboxylic acids is 1. The van der Waals surface area contributed by atoms with Gasteiger partial charge < -0.3 is 15.4 Å². The summed E-state index contributed by atoms with van der Waals surface area (Å²) in [6.45, 7) is 4.55. The van der Waals surface area contributed by atoms with Gasteiger partial charge in [0.25, 0.3) is 0 Å². The second-order valence-electron chi connectivity index (χ2n) is 5.44. The fourth-order valence-electron chi connectivity index (χ4n) is 2.44. The summed E-state index contributed by atoms with van der Waals surface area (Å²) < 4.78 is 5.34. The molecule has 2 N–H and O–H groups in total. The van der Waals surface area contributed by atoms with Crippen LogP contribution in [0.2, 0.25) is 0 Å². The van der Waals surface area contributed by atoms with Crippen molar-refractivity contribution in [3.8, 4) is 0 Å². The van der Waals surface area contributed by atoms with Crippen LogP contribution in [0.3, 0.4) is 0 Å². The van der Waals surface area contributed by atoms with Gasteiger partial charge in [0.2, 0.25) is 0 Å². The van der Waals surface area contributed by atoms with E-state index >= 15 is 0 Å². The number of carbonyl (C=O) groups is 1. The number of anilines is 1. The van der Waals surface area contributed by atoms with Crippen molar-refractivity contribution in [3.05, 3.63) is 29.8 Å². The van der Waals surface area contributed by atoms with Gasteiger partial charge in [0, 0.05) is 25.4 Å². The van der Waals surface area contributed by atoms with Gasteiger partial charge in [-0.05, 0) is 50.7 Å². The SMILES string of the molecule is Cc1ccc(NC(=O)NCCCC2CCOCC2)cc1. The summed E-state index contributed by atoms with van der Waals surface area (Å²) in [5.74, 6) is 0.769. The number of hydrogen-bond donors (Lipinski definition) is 2. The number of nitrogens with one attached hydrogen (secondary N) is 2. The lowest BCUT2D eigenvalue weighted by Gasteiger charge is -2.21. The third-order valence-electron chi connectivity index (χ3n) is 3.73. The molecular formula is C16H24N2O2. The number of benzene rings is 1. The first kappa shape index (κ1) is 14.9. The zero-order chi connectivity index (χ0) is 14.2. The average Bonchev–Trinajstić information content (AvgIpc) is 2.47. The predicted octanol–water partition coefficient (Wildman–Crippen LogP) is 3.32. The molecule has 0 radical (unpaired) electrons. The van der Waals surface area contributed by atoms with Crippen molar-refractivity contribution in [1.29, 1.82) is 0 Å². The minimum absolute atomic E-state index is 0.124. The number of hydrogen-bond acceptors (Lipinski definition) is 2. The van der Waals surface area contributed by atoms with E-state index in [1.54, 1.807) is 0 Å². The highest BCUT2D eigenvalue weighted by molar-refractivity contribution is 5.89. The first-order valence-electron chi connectivity index (χ1n) is 7.43. The molecule has 1 aromatic rings. The summed E-state index contributed by atoms with van der Waals surface area (Å²) in [4.78, 5) is 11.7. The van der Waals surface area contributed by atoms with E-state index in [9.17, 15) is 4.79 Å². The molecule has 1 heterocycles. The van der Waals surface area contributed by atoms with E-state index in [0.29, 0.717) is 0 Å². The lowest BCUT2D eigenvalue weighted by Crippen LogP contribution is -2.30. The van der Waals surface area contributed by atoms with Crippen molar-refractivity contribution in [1.82, 2.24) is 5.32 Å². The molecule has 1 fully saturated rings. The molecule has 4 heteroatoms. The minimum atomic E-state index is -0.124. The highest BCUT2D eigenvalue weighted by Crippen LogP contribution is 2.19. The molecule has 1 saturated heterocycles. The Hall–Kier alpha value is -1.55. The van der Waals surface area contributed by atoms with Crippen LogP contribution in [-0.2, 0) is 4.74 Å². The molecule has 1 aromatic carbocycles. The maximum atomic E-state index is 11.7. The van der Waals surface area contributed by atoms with Gasteiger partial charge in [-0.25, -0.2) is 4.79 Å². The highest BCUT2D eigenvalue weighted by atomic mass is 16.5. The van der Waals surface area contributed by atoms with Gasteiger partial charge in [-0.1, -0.05) is 17.7 Å². The van der Waals surface area contributed by atoms with Crippen molar-refractivity contribution in [2.24, 2.45) is 5.92 Å². The zero-order valence-corrected chi connectivity index (χ0v) is 12.2. The number of amides is 2. The Kier molecular flexibility index (Phi) is 5.87. The van der Waals surface area contributed by atoms with E-state index in [4.69, 9.17) is 4.74 Å². The topological polar surface area (TPSA) is 50.4 Å². The van der Waals surface area contributed by atoms with Gasteiger partial charge in [-0.15, -0.1) is 0 Å². The molecule has 110 valence electrons. The number of ether oxygens (including phenoxy) is 1. The van der Waals surface area contributed by atoms with Gasteiger partial charge in [0.05, 0.1) is 0 Å². The Balaban J connectivity index is 1.59. The van der Waals surface area contributed by atoms with Crippen LogP contribution in [0.15, 0.2) is 24.3 Å². The maximum Gasteiger partial charge on any atom is 0.319 e. The molecule has 1 aliphatic rings. The van der Waals surface area contributed by atoms with Crippen molar-refractivity contribution in [2.45, 2.75) is 32.6 Å². The molecular weight excluding hydrogens is 252 g/mol. The molecule has 4 nitrogen and oxygen atoms in total. The molecule has 2 amide bonds. The van der Waals surface area contributed by atoms with Crippen LogP contribution in [0.4, 0.5) is 10.5 Å². The maximum absolute atomic E-state index is 11.7. The molecule has 0 aliphatic carbocycles. The monoisotopic (exact) mass is 276 g/mol. The number of rotatable bonds is 5. The summed E-state index contributed by atoms with van der Waals surface area (Å²) in [5, 5.41) is 5.74. The molecule has 0 atom stereocenters. The standard InChI is InChI=1S/C16H24N2O2/c1-13-4-6-15(7-5-13)18-16(19)17-10-2-3-14-8-11-20-12-9-14/h4-7,14H,2-3,8-12H2,1H3,(H2,17,18,19). The van der Waals surface area contributed by atoms with E-state index in [-0.39, 0.29) is 6.03 Å². The van der Waals surface area contributed by atoms with Gasteiger partial charge in [-0.2, -0.15) is 0 Å². The normalized spacial score (nSPS) is 15.8. The summed E-state index contributed by atoms with van der Waals surface area (Å²) in [7, 11) is 0. The Morgan fingerprint density at radius 3 is 2.65 bits per heavy atom. The van der Waals surface area contributed by atoms with E-state index in [1.165, 1.54) is 12.0 Å². The zero-order valence-electron chi connectivity index (χ0n) is 12.2. The Morgan fingerprint density at radius 1 is 1.25 bits per heavy atom. The minimum Gasteiger partial charge on any atom is -0.381 e. The van der Waals surface area contributed by atoms with Gasteiger partial charge in [-0.3, -0.25) is 0 Å². The van der Waals surface area contributed by atoms with Crippen molar-refractivity contribution in [2.75, 3.05) is 25.1 Å². The first-order valence-corrected chi connectivity index (χ1v) is 7.43. The van der Waals surface area contributed by atoms with E-state index in [1.807, 2.05) is 31.2 Å². The molecule has 1 aliphatic heterocycles. The Morgan fingerprint density at radius 2 is 1.95 bits per heavy atom. The van der Waals surface area contributed by atoms with Crippen molar-refractivity contribution in [3.63, 3.8) is 0 Å². The van der Waals surface area contributed by atoms with E-state index in [0.717, 1.165) is 50.6 Å². The van der Waals surface area contributed by atoms with E-state index in [2.05, 4.69) is 10.6 Å². The highest BCUT2D eigenvalue weighted by Gasteiger charge is 2.13. The predicted molar refractivity (Wildman–Crippen MR) is 81.0 cm³/mol. The van der Waals surface area contributed by atoms with Crippen LogP contribution in [0.1, 0.15) is 31.2 Å². The molecule has 0 bridgehead atoms. The van der Waals surface area contributed by atoms with Gasteiger partial charge >= 0.3 is 6.03 Å². The van der Waals surface area contributed by atoms with Gasteiger partial charge in [0.1, 0.15) is 0 Å². The number of aryl methyl sites for hydroxylation is 1. The van der Waals surface area contributed by atoms with Crippen LogP contribution >= 0.6 is 0 Å². The van der Waals surface area contributed by atoms with Crippen LogP contribution in [0, 0.1) is 12.8 Å². The molecule has 20 heavy (non-hydrogen) atoms. The fraction of sp³-hybridized carbons (Fsp3) is 0.562. The van der Waals surface area contributed by atoms with Crippen molar-refractivity contribution < 1.29 is 9.53 Å². The van der Waals surface area contributed by atoms with Crippen LogP contribution in [0.5, 0.6) is 0 Å². The summed E-state index contributed by atoms with van der Waals surface area (Å²) in [5.41, 5.74) is 2.02. The number of urea groups is 1. The summed E-state index contributed by atoms with van der Waals surface area (Å²) in [6.07, 6.45) is 4.53. The van der Waals surface area contributed by atoms with E-state index < -0.39 is 0 Å². The van der Waals surface area contributed by atoms with Crippen LogP contribution in [0.25, 0.3) is 0 Å². The van der Waals surface area contributed by atoms with Crippen LogP contribution < -0.4 is 10.6 Å². The molecule has 0 aromatic heterocycles. The summed E-state index contributed by atoms with van der Waals surface area (Å²) in [6, 6.07) is 7.68. The second kappa shape index (κ2) is 7.90. The largest absolute Gasteiger partial charge is 0.381 e. The fourth-order valence-corrected chi connectivity index (χ4v) is 2.44. The first-order chi connectivity index (χ1) is 9.74. The van der Waals surface area contributed by atoms with Gasteiger partial charge in [0.15, 0.2) is 0 Å². The Labute approximate surface area is 120 Å².